The van der Waals surface area contributed by atoms with Crippen molar-refractivity contribution in [3.63, 3.8) is 0 Å². The molecule has 124 valence electrons. The Kier molecular flexibility index (Phi) is 3.22. The molecule has 4 rings (SSSR count). The van der Waals surface area contributed by atoms with E-state index < -0.39 is 0 Å². The fraction of sp³-hybridized carbons (Fsp3) is 0.667. The van der Waals surface area contributed by atoms with E-state index in [9.17, 15) is 4.79 Å². The number of halogens is 1. The normalized spacial score (nSPS) is 25.7. The molecule has 1 aliphatic heterocycles. The quantitative estimate of drug-likeness (QED) is 0.728. The first-order chi connectivity index (χ1) is 10.8. The first-order valence-corrected chi connectivity index (χ1v) is 8.96. The Hall–Kier alpha value is -1.29. The van der Waals surface area contributed by atoms with Crippen LogP contribution in [0.5, 0.6) is 0 Å². The van der Waals surface area contributed by atoms with Gasteiger partial charge in [0.25, 0.3) is 5.91 Å². The summed E-state index contributed by atoms with van der Waals surface area (Å²) in [5.74, 6) is 1.13. The molecule has 0 N–H and O–H groups in total. The highest BCUT2D eigenvalue weighted by Crippen LogP contribution is 2.54. The van der Waals surface area contributed by atoms with Crippen molar-refractivity contribution in [2.75, 3.05) is 16.8 Å². The highest BCUT2D eigenvalue weighted by atomic mass is 35.5. The van der Waals surface area contributed by atoms with Gasteiger partial charge in [-0.25, -0.2) is 4.98 Å². The van der Waals surface area contributed by atoms with E-state index in [0.29, 0.717) is 16.6 Å². The summed E-state index contributed by atoms with van der Waals surface area (Å²) in [6, 6.07) is 4.10. The molecule has 0 unspecified atom stereocenters. The van der Waals surface area contributed by atoms with E-state index in [1.54, 1.807) is 11.0 Å². The predicted octanol–water partition coefficient (Wildman–Crippen LogP) is 4.02. The summed E-state index contributed by atoms with van der Waals surface area (Å²) in [4.78, 5) is 21.7. The third kappa shape index (κ3) is 2.25. The third-order valence-electron chi connectivity index (χ3n) is 5.97. The Labute approximate surface area is 142 Å². The standard InChI is InChI=1S/C18H24ClN3O/c1-17(2)8-6-12(7-9-17)22-15-13(4-5-14(19)20-15)21(3)16(23)18(22)10-11-18/h4-5,12H,6-11H2,1-3H3. The molecule has 2 fully saturated rings. The Morgan fingerprint density at radius 1 is 1.17 bits per heavy atom. The molecule has 2 aliphatic carbocycles. The molecule has 0 aromatic carbocycles. The van der Waals surface area contributed by atoms with Crippen molar-refractivity contribution in [1.82, 2.24) is 4.98 Å². The first-order valence-electron chi connectivity index (χ1n) is 8.58. The minimum absolute atomic E-state index is 0.221. The second kappa shape index (κ2) is 4.85. The molecular weight excluding hydrogens is 310 g/mol. The van der Waals surface area contributed by atoms with Crippen LogP contribution in [0.3, 0.4) is 0 Å². The molecule has 1 aromatic rings. The lowest BCUT2D eigenvalue weighted by Crippen LogP contribution is -2.59. The molecule has 3 aliphatic rings. The van der Waals surface area contributed by atoms with Gasteiger partial charge in [-0.2, -0.15) is 0 Å². The van der Waals surface area contributed by atoms with Gasteiger partial charge in [0.05, 0.1) is 5.69 Å². The first kappa shape index (κ1) is 15.3. The molecule has 0 atom stereocenters. The zero-order valence-corrected chi connectivity index (χ0v) is 14.9. The lowest BCUT2D eigenvalue weighted by Gasteiger charge is -2.48. The summed E-state index contributed by atoms with van der Waals surface area (Å²) < 4.78 is 0. The molecule has 2 saturated carbocycles. The summed E-state index contributed by atoms with van der Waals surface area (Å²) in [5, 5.41) is 0.503. The largest absolute Gasteiger partial charge is 0.337 e. The van der Waals surface area contributed by atoms with E-state index in [0.717, 1.165) is 37.2 Å². The predicted molar refractivity (Wildman–Crippen MR) is 93.1 cm³/mol. The maximum atomic E-state index is 13.0. The SMILES string of the molecule is CN1C(=O)C2(CC2)N(C2CCC(C)(C)CC2)c2nc(Cl)ccc21. The highest BCUT2D eigenvalue weighted by Gasteiger charge is 2.61. The number of fused-ring (bicyclic) bond motifs is 1. The van der Waals surface area contributed by atoms with Gasteiger partial charge in [-0.15, -0.1) is 0 Å². The van der Waals surface area contributed by atoms with Gasteiger partial charge in [-0.05, 0) is 56.1 Å². The number of nitrogens with zero attached hydrogens (tertiary/aromatic N) is 3. The molecule has 0 saturated heterocycles. The van der Waals surface area contributed by atoms with Crippen LogP contribution in [0, 0.1) is 5.41 Å². The van der Waals surface area contributed by atoms with Crippen LogP contribution >= 0.6 is 11.6 Å². The van der Waals surface area contributed by atoms with Crippen LogP contribution in [-0.2, 0) is 4.79 Å². The van der Waals surface area contributed by atoms with Crippen LogP contribution in [0.4, 0.5) is 11.5 Å². The van der Waals surface area contributed by atoms with Crippen molar-refractivity contribution < 1.29 is 4.79 Å². The lowest BCUT2D eigenvalue weighted by atomic mass is 9.74. The molecule has 4 nitrogen and oxygen atoms in total. The van der Waals surface area contributed by atoms with E-state index in [1.165, 1.54) is 12.8 Å². The number of hydrogen-bond acceptors (Lipinski definition) is 3. The molecule has 0 radical (unpaired) electrons. The maximum absolute atomic E-state index is 13.0. The number of carbonyl (C=O) groups excluding carboxylic acids is 1. The van der Waals surface area contributed by atoms with E-state index in [-0.39, 0.29) is 11.4 Å². The number of carbonyl (C=O) groups is 1. The van der Waals surface area contributed by atoms with Crippen molar-refractivity contribution in [2.24, 2.45) is 5.41 Å². The number of anilines is 2. The van der Waals surface area contributed by atoms with Gasteiger partial charge < -0.3 is 9.80 Å². The number of aromatic nitrogens is 1. The number of amides is 1. The van der Waals surface area contributed by atoms with Gasteiger partial charge in [-0.3, -0.25) is 4.79 Å². The maximum Gasteiger partial charge on any atom is 0.252 e. The zero-order chi connectivity index (χ0) is 16.4. The number of likely N-dealkylation sites (N-methyl/N-ethyl adjacent to an activating group) is 1. The molecule has 1 amide bonds. The Morgan fingerprint density at radius 3 is 2.43 bits per heavy atom. The average Bonchev–Trinajstić information content (AvgIpc) is 3.28. The smallest absolute Gasteiger partial charge is 0.252 e. The Bertz CT molecular complexity index is 658. The number of pyridine rings is 1. The fourth-order valence-corrected chi connectivity index (χ4v) is 4.47. The van der Waals surface area contributed by atoms with Gasteiger partial charge in [0.2, 0.25) is 0 Å². The number of rotatable bonds is 1. The van der Waals surface area contributed by atoms with Crippen LogP contribution in [0.1, 0.15) is 52.4 Å². The summed E-state index contributed by atoms with van der Waals surface area (Å²) in [6.07, 6.45) is 6.51. The average molecular weight is 334 g/mol. The molecule has 23 heavy (non-hydrogen) atoms. The van der Waals surface area contributed by atoms with Crippen LogP contribution in [-0.4, -0.2) is 29.5 Å². The molecule has 1 aromatic heterocycles. The highest BCUT2D eigenvalue weighted by molar-refractivity contribution is 6.29. The summed E-state index contributed by atoms with van der Waals surface area (Å²) in [7, 11) is 1.86. The monoisotopic (exact) mass is 333 g/mol. The summed E-state index contributed by atoms with van der Waals surface area (Å²) >= 11 is 6.18. The van der Waals surface area contributed by atoms with Crippen molar-refractivity contribution in [1.29, 1.82) is 0 Å². The van der Waals surface area contributed by atoms with Crippen LogP contribution < -0.4 is 9.80 Å². The Balaban J connectivity index is 1.77. The van der Waals surface area contributed by atoms with Gasteiger partial charge >= 0.3 is 0 Å². The van der Waals surface area contributed by atoms with Gasteiger partial charge in [0.1, 0.15) is 10.7 Å². The lowest BCUT2D eigenvalue weighted by molar-refractivity contribution is -0.121. The molecule has 1 spiro atoms. The van der Waals surface area contributed by atoms with E-state index in [2.05, 4.69) is 23.7 Å². The Morgan fingerprint density at radius 2 is 1.83 bits per heavy atom. The molecular formula is C18H24ClN3O. The number of hydrogen-bond donors (Lipinski definition) is 0. The molecule has 2 heterocycles. The zero-order valence-electron chi connectivity index (χ0n) is 14.1. The van der Waals surface area contributed by atoms with Crippen molar-refractivity contribution in [2.45, 2.75) is 64.0 Å². The second-order valence-corrected chi connectivity index (χ2v) is 8.53. The minimum Gasteiger partial charge on any atom is -0.337 e. The summed E-state index contributed by atoms with van der Waals surface area (Å²) in [6.45, 7) is 4.68. The van der Waals surface area contributed by atoms with Crippen molar-refractivity contribution in [3.8, 4) is 0 Å². The molecule has 0 bridgehead atoms. The van der Waals surface area contributed by atoms with Crippen LogP contribution in [0.15, 0.2) is 12.1 Å². The second-order valence-electron chi connectivity index (χ2n) is 8.14. The van der Waals surface area contributed by atoms with E-state index in [1.807, 2.05) is 13.1 Å². The van der Waals surface area contributed by atoms with Crippen molar-refractivity contribution >= 4 is 29.0 Å². The summed E-state index contributed by atoms with van der Waals surface area (Å²) in [5.41, 5.74) is 0.946. The third-order valence-corrected chi connectivity index (χ3v) is 6.18. The van der Waals surface area contributed by atoms with Gasteiger partial charge in [0, 0.05) is 13.1 Å². The van der Waals surface area contributed by atoms with Gasteiger partial charge in [-0.1, -0.05) is 25.4 Å². The van der Waals surface area contributed by atoms with E-state index in [4.69, 9.17) is 11.6 Å². The topological polar surface area (TPSA) is 36.4 Å². The van der Waals surface area contributed by atoms with Crippen molar-refractivity contribution in [3.05, 3.63) is 17.3 Å². The fourth-order valence-electron chi connectivity index (χ4n) is 4.32. The molecule has 5 heteroatoms. The van der Waals surface area contributed by atoms with Gasteiger partial charge in [0.15, 0.2) is 5.82 Å². The minimum atomic E-state index is -0.356. The van der Waals surface area contributed by atoms with Crippen LogP contribution in [0.25, 0.3) is 0 Å². The van der Waals surface area contributed by atoms with Crippen LogP contribution in [0.2, 0.25) is 5.15 Å². The van der Waals surface area contributed by atoms with E-state index >= 15 is 0 Å².